The third-order valence-electron chi connectivity index (χ3n) is 12.7. The SMILES string of the molecule is NCCC[C@@H]1N[C@H](CNC(=O)c2ccc3ccccc3c2)CCN(Cc2cc(Cl)ccc2Cl)C1=O.NCCC[C@@H]1N[C@H](CNC(=O)c2ccc3ccccc3c2)CCN(Cc2cc(F)cc(F)c2)C1=O. The lowest BCUT2D eigenvalue weighted by Gasteiger charge is -2.25. The first-order valence-electron chi connectivity index (χ1n) is 23.8. The van der Waals surface area contributed by atoms with Crippen LogP contribution in [0.3, 0.4) is 0 Å². The number of nitrogens with two attached hydrogens (primary N) is 2. The van der Waals surface area contributed by atoms with Crippen LogP contribution in [0.1, 0.15) is 70.4 Å². The van der Waals surface area contributed by atoms with Crippen molar-refractivity contribution in [2.24, 2.45) is 11.5 Å². The zero-order valence-electron chi connectivity index (χ0n) is 38.9. The van der Waals surface area contributed by atoms with E-state index in [-0.39, 0.29) is 48.3 Å². The van der Waals surface area contributed by atoms with E-state index in [1.54, 1.807) is 29.2 Å². The van der Waals surface area contributed by atoms with Crippen LogP contribution in [-0.4, -0.2) is 96.9 Å². The highest BCUT2D eigenvalue weighted by atomic mass is 35.5. The van der Waals surface area contributed by atoms with Gasteiger partial charge in [0.05, 0.1) is 12.1 Å². The molecule has 8 rings (SSSR count). The molecule has 0 bridgehead atoms. The van der Waals surface area contributed by atoms with Crippen LogP contribution in [0.2, 0.25) is 10.0 Å². The highest BCUT2D eigenvalue weighted by molar-refractivity contribution is 6.33. The lowest BCUT2D eigenvalue weighted by Crippen LogP contribution is -2.48. The van der Waals surface area contributed by atoms with E-state index in [4.69, 9.17) is 34.7 Å². The summed E-state index contributed by atoms with van der Waals surface area (Å²) in [4.78, 5) is 55.6. The fourth-order valence-corrected chi connectivity index (χ4v) is 9.32. The van der Waals surface area contributed by atoms with Gasteiger partial charge in [0.1, 0.15) is 11.6 Å². The Kier molecular flexibility index (Phi) is 18.7. The molecule has 368 valence electrons. The molecular weight excluding hydrogens is 934 g/mol. The van der Waals surface area contributed by atoms with Gasteiger partial charge in [-0.2, -0.15) is 0 Å². The second kappa shape index (κ2) is 25.2. The van der Waals surface area contributed by atoms with E-state index >= 15 is 0 Å². The number of halogens is 4. The third kappa shape index (κ3) is 14.3. The van der Waals surface area contributed by atoms with Crippen molar-refractivity contribution in [2.45, 2.75) is 75.8 Å². The van der Waals surface area contributed by atoms with Gasteiger partial charge in [-0.3, -0.25) is 19.2 Å². The molecule has 2 heterocycles. The van der Waals surface area contributed by atoms with E-state index in [9.17, 15) is 28.0 Å². The summed E-state index contributed by atoms with van der Waals surface area (Å²) in [7, 11) is 0. The van der Waals surface area contributed by atoms with Crippen molar-refractivity contribution in [1.82, 2.24) is 31.1 Å². The summed E-state index contributed by atoms with van der Waals surface area (Å²) >= 11 is 12.5. The number of hydrogen-bond acceptors (Lipinski definition) is 8. The zero-order chi connectivity index (χ0) is 49.6. The van der Waals surface area contributed by atoms with E-state index in [1.807, 2.05) is 83.8 Å². The van der Waals surface area contributed by atoms with Gasteiger partial charge in [-0.15, -0.1) is 0 Å². The number of carbonyl (C=O) groups excluding carboxylic acids is 4. The topological polar surface area (TPSA) is 175 Å². The molecule has 2 fully saturated rings. The van der Waals surface area contributed by atoms with Crippen LogP contribution in [0.15, 0.2) is 121 Å². The fourth-order valence-electron chi connectivity index (χ4n) is 8.95. The van der Waals surface area contributed by atoms with Crippen LogP contribution < -0.4 is 32.7 Å². The second-order valence-corrected chi connectivity index (χ2v) is 18.7. The van der Waals surface area contributed by atoms with Crippen LogP contribution >= 0.6 is 23.2 Å². The average Bonchev–Trinajstić information content (AvgIpc) is 3.60. The molecule has 70 heavy (non-hydrogen) atoms. The molecule has 0 aliphatic carbocycles. The van der Waals surface area contributed by atoms with Crippen LogP contribution in [0.25, 0.3) is 21.5 Å². The molecule has 0 unspecified atom stereocenters. The van der Waals surface area contributed by atoms with E-state index < -0.39 is 17.7 Å². The van der Waals surface area contributed by atoms with Gasteiger partial charge in [0.15, 0.2) is 0 Å². The first-order valence-corrected chi connectivity index (χ1v) is 24.6. The van der Waals surface area contributed by atoms with E-state index in [1.165, 1.54) is 12.1 Å². The lowest BCUT2D eigenvalue weighted by atomic mass is 10.1. The largest absolute Gasteiger partial charge is 0.350 e. The molecule has 2 saturated heterocycles. The summed E-state index contributed by atoms with van der Waals surface area (Å²) < 4.78 is 27.3. The molecule has 4 atom stereocenters. The molecule has 2 aliphatic rings. The van der Waals surface area contributed by atoms with Crippen molar-refractivity contribution in [3.63, 3.8) is 0 Å². The predicted octanol–water partition coefficient (Wildman–Crippen LogP) is 7.72. The molecular formula is C54H60Cl2F2N8O4. The number of nitrogens with zero attached hydrogens (tertiary/aromatic N) is 2. The number of amides is 4. The molecule has 0 aromatic heterocycles. The number of fused-ring (bicyclic) bond motifs is 2. The molecule has 4 amide bonds. The van der Waals surface area contributed by atoms with Crippen LogP contribution in [0.5, 0.6) is 0 Å². The van der Waals surface area contributed by atoms with Crippen molar-refractivity contribution < 1.29 is 28.0 Å². The Balaban J connectivity index is 0.000000206. The van der Waals surface area contributed by atoms with Crippen LogP contribution in [0.4, 0.5) is 8.78 Å². The van der Waals surface area contributed by atoms with E-state index in [2.05, 4.69) is 21.3 Å². The third-order valence-corrected chi connectivity index (χ3v) is 13.3. The molecule has 0 saturated carbocycles. The molecule has 8 N–H and O–H groups in total. The molecule has 2 aliphatic heterocycles. The predicted molar refractivity (Wildman–Crippen MR) is 273 cm³/mol. The monoisotopic (exact) mass is 992 g/mol. The maximum atomic E-state index is 13.7. The Morgan fingerprint density at radius 3 is 1.56 bits per heavy atom. The smallest absolute Gasteiger partial charge is 0.251 e. The summed E-state index contributed by atoms with van der Waals surface area (Å²) in [5.41, 5.74) is 13.8. The van der Waals surface area contributed by atoms with Crippen molar-refractivity contribution >= 4 is 68.4 Å². The van der Waals surface area contributed by atoms with Crippen molar-refractivity contribution in [1.29, 1.82) is 0 Å². The minimum atomic E-state index is -0.672. The molecule has 0 spiro atoms. The van der Waals surface area contributed by atoms with E-state index in [0.717, 1.165) is 39.6 Å². The highest BCUT2D eigenvalue weighted by Gasteiger charge is 2.32. The molecule has 16 heteroatoms. The Bertz CT molecular complexity index is 2760. The number of rotatable bonds is 16. The minimum absolute atomic E-state index is 0.0119. The molecule has 6 aromatic carbocycles. The minimum Gasteiger partial charge on any atom is -0.350 e. The summed E-state index contributed by atoms with van der Waals surface area (Å²) in [6, 6.07) is 34.6. The molecule has 12 nitrogen and oxygen atoms in total. The Labute approximate surface area is 417 Å². The second-order valence-electron chi connectivity index (χ2n) is 17.8. The lowest BCUT2D eigenvalue weighted by molar-refractivity contribution is -0.134. The summed E-state index contributed by atoms with van der Waals surface area (Å²) in [5.74, 6) is -1.78. The van der Waals surface area contributed by atoms with Gasteiger partial charge in [-0.1, -0.05) is 83.9 Å². The number of benzene rings is 6. The van der Waals surface area contributed by atoms with Gasteiger partial charge in [-0.05, 0) is 139 Å². The van der Waals surface area contributed by atoms with Crippen molar-refractivity contribution in [2.75, 3.05) is 39.3 Å². The molecule has 6 aromatic rings. The Hall–Kier alpha value is -6.00. The summed E-state index contributed by atoms with van der Waals surface area (Å²) in [6.45, 7) is 3.17. The summed E-state index contributed by atoms with van der Waals surface area (Å²) in [6.07, 6.45) is 3.83. The molecule has 0 radical (unpaired) electrons. The Morgan fingerprint density at radius 1 is 0.600 bits per heavy atom. The standard InChI is InChI=1S/C27H30Cl2N4O2.C27H30F2N4O2/c28-22-9-10-24(29)21(15-22)17-33-13-11-23(32-25(27(33)35)6-3-12-30)16-31-26(34)20-8-7-18-4-1-2-5-19(18)14-20;28-22-12-18(13-23(29)15-22)17-33-11-9-24(32-25(27(33)35)6-3-10-30)16-31-26(34)21-8-7-19-4-1-2-5-20(19)14-21/h1-2,4-5,7-10,14-15,23,25,32H,3,6,11-13,16-17,30H2,(H,31,34);1-2,4-5,7-8,12-15,24-25,32H,3,6,9-11,16-17,30H2,(H,31,34)/t23-,25-;24-,25-/m00/s1. The summed E-state index contributed by atoms with van der Waals surface area (Å²) in [5, 5.41) is 18.2. The van der Waals surface area contributed by atoms with Gasteiger partial charge < -0.3 is 42.5 Å². The van der Waals surface area contributed by atoms with Crippen LogP contribution in [0, 0.1) is 11.6 Å². The van der Waals surface area contributed by atoms with Crippen molar-refractivity contribution in [3.05, 3.63) is 165 Å². The normalized spacial score (nSPS) is 18.5. The number of carbonyl (C=O) groups is 4. The Morgan fingerprint density at radius 2 is 1.07 bits per heavy atom. The first-order chi connectivity index (χ1) is 33.9. The fraction of sp³-hybridized carbons (Fsp3) is 0.333. The maximum absolute atomic E-state index is 13.7. The maximum Gasteiger partial charge on any atom is 0.251 e. The van der Waals surface area contributed by atoms with Crippen LogP contribution in [-0.2, 0) is 22.7 Å². The van der Waals surface area contributed by atoms with Crippen molar-refractivity contribution in [3.8, 4) is 0 Å². The highest BCUT2D eigenvalue weighted by Crippen LogP contribution is 2.25. The van der Waals surface area contributed by atoms with Gasteiger partial charge in [0.2, 0.25) is 11.8 Å². The zero-order valence-corrected chi connectivity index (χ0v) is 40.5. The number of hydrogen-bond donors (Lipinski definition) is 6. The average molecular weight is 994 g/mol. The number of nitrogens with one attached hydrogen (secondary N) is 4. The van der Waals surface area contributed by atoms with E-state index in [0.29, 0.717) is 105 Å². The van der Waals surface area contributed by atoms with Gasteiger partial charge in [0, 0.05) is 78.6 Å². The quantitative estimate of drug-likeness (QED) is 0.0572. The van der Waals surface area contributed by atoms with Gasteiger partial charge >= 0.3 is 0 Å². The van der Waals surface area contributed by atoms with Gasteiger partial charge in [-0.25, -0.2) is 8.78 Å². The first kappa shape index (κ1) is 51.8. The van der Waals surface area contributed by atoms with Gasteiger partial charge in [0.25, 0.3) is 11.8 Å².